The molecule has 1 aliphatic carbocycles. The molecule has 1 aliphatic rings. The van der Waals surface area contributed by atoms with E-state index in [1.807, 2.05) is 50.2 Å². The molecule has 1 heterocycles. The SMILES string of the molecule is CC(C)Oc1ccc(CNC(=O)c2ccc(-n3c(-c4ccccc4)cc4c3CC[C@@H](C)C4)cc2)cc1. The van der Waals surface area contributed by atoms with E-state index in [2.05, 4.69) is 65.3 Å². The van der Waals surface area contributed by atoms with Gasteiger partial charge in [0.25, 0.3) is 5.91 Å². The summed E-state index contributed by atoms with van der Waals surface area (Å²) in [6.07, 6.45) is 3.54. The fourth-order valence-corrected chi connectivity index (χ4v) is 5.03. The van der Waals surface area contributed by atoms with Crippen LogP contribution in [0.1, 0.15) is 54.4 Å². The molecule has 5 rings (SSSR count). The molecular weight excluding hydrogens is 444 g/mol. The molecule has 4 aromatic rings. The third kappa shape index (κ3) is 5.23. The fourth-order valence-electron chi connectivity index (χ4n) is 5.03. The summed E-state index contributed by atoms with van der Waals surface area (Å²) in [6.45, 7) is 6.83. The minimum absolute atomic E-state index is 0.0734. The lowest BCUT2D eigenvalue weighted by atomic mass is 9.89. The number of hydrogen-bond acceptors (Lipinski definition) is 2. The molecule has 0 unspecified atom stereocenters. The van der Waals surface area contributed by atoms with Crippen molar-refractivity contribution in [2.75, 3.05) is 0 Å². The summed E-state index contributed by atoms with van der Waals surface area (Å²) in [5, 5.41) is 3.04. The summed E-state index contributed by atoms with van der Waals surface area (Å²) in [7, 11) is 0. The van der Waals surface area contributed by atoms with E-state index in [4.69, 9.17) is 4.74 Å². The van der Waals surface area contributed by atoms with E-state index in [0.717, 1.165) is 29.8 Å². The van der Waals surface area contributed by atoms with Gasteiger partial charge in [0, 0.05) is 23.5 Å². The van der Waals surface area contributed by atoms with E-state index in [1.165, 1.54) is 28.9 Å². The minimum Gasteiger partial charge on any atom is -0.491 e. The van der Waals surface area contributed by atoms with Gasteiger partial charge in [-0.2, -0.15) is 0 Å². The molecule has 1 atom stereocenters. The van der Waals surface area contributed by atoms with Crippen LogP contribution in [0.4, 0.5) is 0 Å². The second-order valence-corrected chi connectivity index (χ2v) is 10.1. The molecule has 1 amide bonds. The van der Waals surface area contributed by atoms with Gasteiger partial charge in [0.1, 0.15) is 5.75 Å². The van der Waals surface area contributed by atoms with E-state index in [0.29, 0.717) is 18.0 Å². The Morgan fingerprint density at radius 3 is 2.42 bits per heavy atom. The van der Waals surface area contributed by atoms with Gasteiger partial charge in [0.15, 0.2) is 0 Å². The van der Waals surface area contributed by atoms with Crippen LogP contribution in [0.2, 0.25) is 0 Å². The van der Waals surface area contributed by atoms with Gasteiger partial charge in [-0.05, 0) is 98.2 Å². The Morgan fingerprint density at radius 1 is 1.00 bits per heavy atom. The summed E-state index contributed by atoms with van der Waals surface area (Å²) in [5.41, 5.74) is 8.07. The maximum atomic E-state index is 12.8. The Hall–Kier alpha value is -3.79. The number of benzene rings is 3. The van der Waals surface area contributed by atoms with Crippen LogP contribution < -0.4 is 10.1 Å². The second-order valence-electron chi connectivity index (χ2n) is 10.1. The standard InChI is InChI=1S/C32H34N2O2/c1-22(2)36-29-16-10-24(11-17-29)21-33-32(35)26-12-14-28(15-13-26)34-30-18-9-23(3)19-27(30)20-31(34)25-7-5-4-6-8-25/h4-8,10-17,20,22-23H,9,18-19,21H2,1-3H3,(H,33,35)/t23-/m1/s1. The van der Waals surface area contributed by atoms with Crippen LogP contribution in [0.3, 0.4) is 0 Å². The number of nitrogens with one attached hydrogen (secondary N) is 1. The summed E-state index contributed by atoms with van der Waals surface area (Å²) in [4.78, 5) is 12.8. The lowest BCUT2D eigenvalue weighted by molar-refractivity contribution is 0.0951. The van der Waals surface area contributed by atoms with Crippen molar-refractivity contribution in [3.8, 4) is 22.7 Å². The van der Waals surface area contributed by atoms with Crippen molar-refractivity contribution in [3.63, 3.8) is 0 Å². The smallest absolute Gasteiger partial charge is 0.251 e. The molecule has 36 heavy (non-hydrogen) atoms. The van der Waals surface area contributed by atoms with Crippen molar-refractivity contribution in [2.24, 2.45) is 5.92 Å². The average molecular weight is 479 g/mol. The number of rotatable bonds is 7. The van der Waals surface area contributed by atoms with Crippen LogP contribution in [0.5, 0.6) is 5.75 Å². The van der Waals surface area contributed by atoms with Crippen LogP contribution in [-0.2, 0) is 19.4 Å². The predicted molar refractivity (Wildman–Crippen MR) is 146 cm³/mol. The van der Waals surface area contributed by atoms with Crippen LogP contribution in [0.15, 0.2) is 84.9 Å². The number of aromatic nitrogens is 1. The largest absolute Gasteiger partial charge is 0.491 e. The summed E-state index contributed by atoms with van der Waals surface area (Å²) >= 11 is 0. The van der Waals surface area contributed by atoms with E-state index < -0.39 is 0 Å². The normalized spacial score (nSPS) is 14.9. The highest BCUT2D eigenvalue weighted by atomic mass is 16.5. The number of fused-ring (bicyclic) bond motifs is 1. The molecule has 184 valence electrons. The highest BCUT2D eigenvalue weighted by molar-refractivity contribution is 5.94. The number of amides is 1. The van der Waals surface area contributed by atoms with Gasteiger partial charge in [-0.25, -0.2) is 0 Å². The Kier molecular flexibility index (Phi) is 6.95. The van der Waals surface area contributed by atoms with E-state index in [-0.39, 0.29) is 12.0 Å². The zero-order chi connectivity index (χ0) is 25.1. The van der Waals surface area contributed by atoms with Gasteiger partial charge in [0.2, 0.25) is 0 Å². The van der Waals surface area contributed by atoms with Gasteiger partial charge in [-0.15, -0.1) is 0 Å². The van der Waals surface area contributed by atoms with Crippen LogP contribution in [0, 0.1) is 5.92 Å². The van der Waals surface area contributed by atoms with Crippen molar-refractivity contribution in [1.82, 2.24) is 9.88 Å². The number of carbonyl (C=O) groups excluding carboxylic acids is 1. The molecule has 1 N–H and O–H groups in total. The lowest BCUT2D eigenvalue weighted by Gasteiger charge is -2.21. The highest BCUT2D eigenvalue weighted by Crippen LogP contribution is 2.35. The Labute approximate surface area is 213 Å². The van der Waals surface area contributed by atoms with Crippen LogP contribution in [-0.4, -0.2) is 16.6 Å². The third-order valence-corrected chi connectivity index (χ3v) is 6.84. The van der Waals surface area contributed by atoms with Crippen molar-refractivity contribution in [2.45, 2.75) is 52.7 Å². The number of ether oxygens (including phenoxy) is 1. The Balaban J connectivity index is 1.34. The first-order chi connectivity index (χ1) is 17.5. The fraction of sp³-hybridized carbons (Fsp3) is 0.281. The van der Waals surface area contributed by atoms with Gasteiger partial charge in [0.05, 0.1) is 11.8 Å². The van der Waals surface area contributed by atoms with Crippen molar-refractivity contribution >= 4 is 5.91 Å². The topological polar surface area (TPSA) is 43.3 Å². The number of carbonyl (C=O) groups is 1. The predicted octanol–water partition coefficient (Wildman–Crippen LogP) is 6.99. The zero-order valence-corrected chi connectivity index (χ0v) is 21.3. The van der Waals surface area contributed by atoms with Crippen LogP contribution >= 0.6 is 0 Å². The van der Waals surface area contributed by atoms with Crippen molar-refractivity contribution < 1.29 is 9.53 Å². The average Bonchev–Trinajstić information content (AvgIpc) is 3.27. The zero-order valence-electron chi connectivity index (χ0n) is 21.3. The van der Waals surface area contributed by atoms with E-state index in [1.54, 1.807) is 0 Å². The molecule has 0 saturated heterocycles. The van der Waals surface area contributed by atoms with Crippen LogP contribution in [0.25, 0.3) is 16.9 Å². The molecule has 0 saturated carbocycles. The molecule has 0 radical (unpaired) electrons. The van der Waals surface area contributed by atoms with E-state index >= 15 is 0 Å². The monoisotopic (exact) mass is 478 g/mol. The van der Waals surface area contributed by atoms with Gasteiger partial charge >= 0.3 is 0 Å². The van der Waals surface area contributed by atoms with Gasteiger partial charge in [-0.1, -0.05) is 49.4 Å². The first-order valence-electron chi connectivity index (χ1n) is 12.9. The Morgan fingerprint density at radius 2 is 1.72 bits per heavy atom. The summed E-state index contributed by atoms with van der Waals surface area (Å²) in [6, 6.07) is 28.8. The minimum atomic E-state index is -0.0734. The summed E-state index contributed by atoms with van der Waals surface area (Å²) < 4.78 is 8.08. The maximum Gasteiger partial charge on any atom is 0.251 e. The van der Waals surface area contributed by atoms with Crippen molar-refractivity contribution in [3.05, 3.63) is 107 Å². The number of hydrogen-bond donors (Lipinski definition) is 1. The quantitative estimate of drug-likeness (QED) is 0.311. The lowest BCUT2D eigenvalue weighted by Crippen LogP contribution is -2.22. The first kappa shape index (κ1) is 23.9. The first-order valence-corrected chi connectivity index (χ1v) is 12.9. The molecule has 0 bridgehead atoms. The molecule has 0 fully saturated rings. The summed E-state index contributed by atoms with van der Waals surface area (Å²) in [5.74, 6) is 1.48. The molecule has 0 spiro atoms. The Bertz CT molecular complexity index is 1320. The third-order valence-electron chi connectivity index (χ3n) is 6.84. The molecular formula is C32H34N2O2. The second kappa shape index (κ2) is 10.4. The highest BCUT2D eigenvalue weighted by Gasteiger charge is 2.23. The van der Waals surface area contributed by atoms with Gasteiger partial charge in [-0.3, -0.25) is 4.79 Å². The maximum absolute atomic E-state index is 12.8. The molecule has 1 aromatic heterocycles. The molecule has 4 nitrogen and oxygen atoms in total. The molecule has 3 aromatic carbocycles. The van der Waals surface area contributed by atoms with Gasteiger partial charge < -0.3 is 14.6 Å². The van der Waals surface area contributed by atoms with E-state index in [9.17, 15) is 4.79 Å². The number of nitrogens with zero attached hydrogens (tertiary/aromatic N) is 1. The molecule has 4 heteroatoms. The molecule has 0 aliphatic heterocycles. The van der Waals surface area contributed by atoms with Crippen molar-refractivity contribution in [1.29, 1.82) is 0 Å².